The molecule has 2 aromatic heterocycles. The topological polar surface area (TPSA) is 257 Å². The number of likely N-dealkylation sites (N-methyl/N-ethyl adjacent to an activating group) is 2. The predicted octanol–water partition coefficient (Wildman–Crippen LogP) is 12.5. The first-order valence-electron chi connectivity index (χ1n) is 41.8. The third kappa shape index (κ3) is 12.1. The summed E-state index contributed by atoms with van der Waals surface area (Å²) in [7, 11) is 8.11. The van der Waals surface area contributed by atoms with Gasteiger partial charge in [0.15, 0.2) is 12.2 Å². The van der Waals surface area contributed by atoms with E-state index in [0.29, 0.717) is 24.7 Å². The van der Waals surface area contributed by atoms with Crippen molar-refractivity contribution in [2.75, 3.05) is 104 Å². The van der Waals surface area contributed by atoms with Crippen LogP contribution in [0.25, 0.3) is 21.8 Å². The predicted molar refractivity (Wildman–Crippen MR) is 465 cm³/mol. The number of rotatable bonds is 10. The summed E-state index contributed by atoms with van der Waals surface area (Å²) in [4.78, 5) is 105. The van der Waals surface area contributed by atoms with Crippen LogP contribution in [-0.2, 0) is 91.7 Å². The van der Waals surface area contributed by atoms with E-state index in [-0.39, 0.29) is 43.1 Å². The number of nitrogens with zero attached hydrogens (tertiary/aromatic N) is 6. The molecular weight excluding hydrogens is 1710 g/mol. The first-order valence-corrected chi connectivity index (χ1v) is 44.0. The number of benzene rings is 4. The Labute approximate surface area is 714 Å². The summed E-state index contributed by atoms with van der Waals surface area (Å²) >= 11 is 4.81. The minimum absolute atomic E-state index is 0. The Morgan fingerprint density at radius 3 is 1.79 bits per heavy atom. The third-order valence-electron chi connectivity index (χ3n) is 30.6. The smallest absolute Gasteiger partial charge is 0.373 e. The number of halogens is 2. The van der Waals surface area contributed by atoms with E-state index in [2.05, 4.69) is 219 Å². The highest BCUT2D eigenvalue weighted by molar-refractivity contribution is 14.1. The van der Waals surface area contributed by atoms with E-state index >= 15 is 0 Å². The van der Waals surface area contributed by atoms with Crippen molar-refractivity contribution in [1.82, 2.24) is 29.6 Å². The SMILES string of the molecule is C.CCC1=CC2CN3CCc4c([nH]c5ccc(I)cc45)C(C(=O)OC)(C2)C13.CCC1=C[C@@H]2CN(CCc3c([nH]c4ccc(I)cc34)[C@@](C)(c3cc4c(cc3C)N(C)C3[C@]45CCN4CC=C[C@@](CC)([C@@H](OC(C)=O)[C@]3(O)C(=O)OC)[C@H]45)C2)C1.CC[C@]12CCCN3CC[C@@]4(c5ccc(C)cc5N(C)C4[C@@](O)(C(=O)OC)[C@@H]1OC(C)=O)[C@@H]32.O=C=O. The van der Waals surface area contributed by atoms with Crippen LogP contribution in [0.2, 0.25) is 0 Å². The number of aromatic amines is 2. The molecule has 7 unspecified atom stereocenters. The number of nitrogens with one attached hydrogen (secondary N) is 2. The van der Waals surface area contributed by atoms with Gasteiger partial charge in [0, 0.05) is 158 Å². The minimum atomic E-state index is -2.14. The molecule has 22 nitrogen and oxygen atoms in total. The molecule has 3 aliphatic carbocycles. The standard InChI is InChI=1S/C45H55IN4O5.C25H34N2O5.C21H23IN2O2.CO2.CH4/c1-8-28-20-29-23-42(5,37-31(13-17-49(24-28)25-29)32-21-30(46)11-12-35(32)47-37)33-22-34-36(19-26(33)3)48(6)39-44(34)15-18-50-16-10-14-43(9-2,38(44)50)40(55-27(4)51)45(39,53)41(52)54-7;1-6-23-10-7-12-27-13-11-24(19(23)27)17-9-8-15(2)14-18(17)26(4)20(24)25(30,22(29)31-5)21(23)32-16(3)28;1-3-13-8-12-10-21(20(25)26-2)18-15(6-7-24(11-12)19(13)21)16-9-14(22)4-5-17(16)23-18;2-1-3;/h10-12,14,19-22,29,38-40,47,53H,8-9,13,15-18,23-25H2,1-7H3;8-9,14,19-21,30H,6-7,10-13H2,1-5H3;4-5,8-9,12,19,23H,3,6-7,10-11H2,1-2H3;;1H4/t29-,38-,39?,40+,42+,43+,44+,45-;19-,20?,21+,23+,24+,25-;;;/m00.../s1. The van der Waals surface area contributed by atoms with E-state index in [9.17, 15) is 34.2 Å². The molecule has 13 heterocycles. The fourth-order valence-electron chi connectivity index (χ4n) is 26.9. The zero-order valence-electron chi connectivity index (χ0n) is 69.4. The number of carbonyl (C=O) groups is 5. The molecule has 6 bridgehead atoms. The Hall–Kier alpha value is -7.27. The van der Waals surface area contributed by atoms with Crippen molar-refractivity contribution in [2.45, 2.75) is 222 Å². The van der Waals surface area contributed by atoms with E-state index < -0.39 is 86.4 Å². The Balaban J connectivity index is 0.000000146. The first-order chi connectivity index (χ1) is 55.4. The van der Waals surface area contributed by atoms with Crippen molar-refractivity contribution in [3.8, 4) is 0 Å². The van der Waals surface area contributed by atoms with Crippen molar-refractivity contribution >= 4 is 114 Å². The van der Waals surface area contributed by atoms with Gasteiger partial charge in [-0.3, -0.25) is 34.0 Å². The number of esters is 5. The average molecular weight is 1820 g/mol. The Bertz CT molecular complexity index is 5140. The van der Waals surface area contributed by atoms with Gasteiger partial charge in [0.05, 0.1) is 39.5 Å². The lowest BCUT2D eigenvalue weighted by atomic mass is 9.46. The number of methoxy groups -OCH3 is 3. The van der Waals surface area contributed by atoms with Crippen molar-refractivity contribution < 1.29 is 67.5 Å². The van der Waals surface area contributed by atoms with Gasteiger partial charge >= 0.3 is 36.0 Å². The molecule has 626 valence electrons. The van der Waals surface area contributed by atoms with Crippen molar-refractivity contribution in [3.05, 3.63) is 160 Å². The molecule has 19 atom stereocenters. The van der Waals surface area contributed by atoms with Crippen molar-refractivity contribution in [1.29, 1.82) is 0 Å². The molecule has 4 N–H and O–H groups in total. The van der Waals surface area contributed by atoms with Gasteiger partial charge in [0.2, 0.25) is 11.2 Å². The third-order valence-corrected chi connectivity index (χ3v) is 31.9. The summed E-state index contributed by atoms with van der Waals surface area (Å²) in [6.07, 6.45) is 17.8. The second-order valence-corrected chi connectivity index (χ2v) is 38.4. The molecule has 11 aliphatic heterocycles. The Morgan fingerprint density at radius 1 is 0.607 bits per heavy atom. The van der Waals surface area contributed by atoms with Gasteiger partial charge in [-0.25, -0.2) is 9.59 Å². The molecule has 6 fully saturated rings. The van der Waals surface area contributed by atoms with Crippen LogP contribution in [0.3, 0.4) is 0 Å². The van der Waals surface area contributed by atoms with Crippen molar-refractivity contribution in [3.63, 3.8) is 0 Å². The van der Waals surface area contributed by atoms with Crippen LogP contribution in [0.1, 0.15) is 170 Å². The van der Waals surface area contributed by atoms with Gasteiger partial charge in [-0.05, 0) is 262 Å². The average Bonchev–Trinajstić information content (AvgIpc) is 1.49. The first kappa shape index (κ1) is 84.7. The summed E-state index contributed by atoms with van der Waals surface area (Å²) in [6, 6.07) is 23.3. The lowest BCUT2D eigenvalue weighted by Gasteiger charge is -2.65. The van der Waals surface area contributed by atoms with E-state index in [1.807, 2.05) is 19.0 Å². The summed E-state index contributed by atoms with van der Waals surface area (Å²) in [6.45, 7) is 26.8. The van der Waals surface area contributed by atoms with Gasteiger partial charge < -0.3 is 53.7 Å². The number of piperidine rings is 2. The van der Waals surface area contributed by atoms with Crippen LogP contribution in [-0.4, -0.2) is 224 Å². The van der Waals surface area contributed by atoms with Crippen LogP contribution in [0.4, 0.5) is 11.4 Å². The molecule has 2 spiro atoms. The fraction of sp³-hybridized carbons (Fsp3) is 0.570. The Morgan fingerprint density at radius 2 is 1.19 bits per heavy atom. The van der Waals surface area contributed by atoms with E-state index in [0.717, 1.165) is 151 Å². The summed E-state index contributed by atoms with van der Waals surface area (Å²) in [5, 5.41) is 28.3. The number of hydrogen-bond acceptors (Lipinski definition) is 20. The van der Waals surface area contributed by atoms with Crippen LogP contribution < -0.4 is 9.80 Å². The number of ether oxygens (including phenoxy) is 5. The number of aryl methyl sites for hydroxylation is 2. The maximum absolute atomic E-state index is 14.3. The van der Waals surface area contributed by atoms with Crippen LogP contribution in [0.5, 0.6) is 0 Å². The molecule has 20 rings (SSSR count). The maximum Gasteiger partial charge on any atom is 0.373 e. The lowest BCUT2D eigenvalue weighted by Crippen LogP contribution is -2.82. The summed E-state index contributed by atoms with van der Waals surface area (Å²) in [5.41, 5.74) is 10.8. The number of aromatic nitrogens is 2. The normalized spacial score (nSPS) is 35.1. The highest BCUT2D eigenvalue weighted by Crippen LogP contribution is 2.71. The summed E-state index contributed by atoms with van der Waals surface area (Å²) < 4.78 is 30.8. The second kappa shape index (κ2) is 31.0. The van der Waals surface area contributed by atoms with E-state index in [4.69, 9.17) is 33.3 Å². The van der Waals surface area contributed by atoms with Crippen LogP contribution in [0.15, 0.2) is 102 Å². The quantitative estimate of drug-likeness (QED) is 0.0430. The van der Waals surface area contributed by atoms with E-state index in [1.165, 1.54) is 109 Å². The number of fused-ring (bicyclic) bond motifs is 10. The number of H-pyrrole nitrogens is 2. The van der Waals surface area contributed by atoms with Gasteiger partial charge in [-0.2, -0.15) is 9.59 Å². The summed E-state index contributed by atoms with van der Waals surface area (Å²) in [5.74, 6) is -1.77. The molecule has 2 saturated carbocycles. The molecule has 4 saturated heterocycles. The zero-order chi connectivity index (χ0) is 82.6. The Kier molecular flexibility index (Phi) is 22.5. The number of hydrogen-bond donors (Lipinski definition) is 4. The number of aliphatic hydroxyl groups is 2. The number of carbonyl (C=O) groups excluding carboxylic acids is 7. The molecule has 0 radical (unpaired) electrons. The number of anilines is 2. The highest BCUT2D eigenvalue weighted by atomic mass is 127. The molecule has 4 aromatic carbocycles. The lowest BCUT2D eigenvalue weighted by molar-refractivity contribution is -0.242. The largest absolute Gasteiger partial charge is 0.468 e. The van der Waals surface area contributed by atoms with Gasteiger partial charge in [-0.1, -0.05) is 88.8 Å². The van der Waals surface area contributed by atoms with Crippen LogP contribution in [0, 0.1) is 43.7 Å². The van der Waals surface area contributed by atoms with Gasteiger partial charge in [0.1, 0.15) is 5.41 Å². The van der Waals surface area contributed by atoms with E-state index in [1.54, 1.807) is 0 Å². The second-order valence-electron chi connectivity index (χ2n) is 35.9. The molecule has 14 aliphatic rings. The fourth-order valence-corrected chi connectivity index (χ4v) is 27.9. The highest BCUT2D eigenvalue weighted by Gasteiger charge is 2.83. The zero-order valence-corrected chi connectivity index (χ0v) is 73.8. The molecule has 24 heteroatoms. The maximum atomic E-state index is 14.3. The van der Waals surface area contributed by atoms with Crippen LogP contribution >= 0.6 is 45.2 Å². The molecule has 117 heavy (non-hydrogen) atoms. The molecule has 0 amide bonds. The monoisotopic (exact) mass is 1820 g/mol. The molecular formula is C93H116I2N8O14. The van der Waals surface area contributed by atoms with Gasteiger partial charge in [0.25, 0.3) is 0 Å². The minimum Gasteiger partial charge on any atom is -0.468 e. The molecule has 6 aromatic rings. The van der Waals surface area contributed by atoms with Gasteiger partial charge in [-0.15, -0.1) is 0 Å². The van der Waals surface area contributed by atoms with Crippen molar-refractivity contribution in [2.24, 2.45) is 22.7 Å².